The Morgan fingerprint density at radius 3 is 2.15 bits per heavy atom. The van der Waals surface area contributed by atoms with Crippen LogP contribution in [0.4, 0.5) is 0 Å². The third-order valence-corrected chi connectivity index (χ3v) is 5.84. The topological polar surface area (TPSA) is 9.23 Å². The molecule has 0 saturated heterocycles. The standard InChI is InChI=1S/C18H32OSi/c1-6-8-10-15-17(7-2)19-18(20(3,4)5)16-13-11-9-12-14-16/h9,11-14,17-18H,6-8,10,15H2,1-5H3. The number of unbranched alkanes of at least 4 members (excludes halogenated alkanes) is 2. The average Bonchev–Trinajstić information content (AvgIpc) is 2.42. The zero-order chi connectivity index (χ0) is 15.0. The van der Waals surface area contributed by atoms with Crippen molar-refractivity contribution >= 4 is 8.07 Å². The molecule has 0 heterocycles. The second-order valence-electron chi connectivity index (χ2n) is 6.82. The maximum Gasteiger partial charge on any atom is 0.0842 e. The minimum absolute atomic E-state index is 0.315. The first-order chi connectivity index (χ1) is 9.49. The third-order valence-electron chi connectivity index (χ3n) is 3.80. The summed E-state index contributed by atoms with van der Waals surface area (Å²) in [4.78, 5) is 0. The van der Waals surface area contributed by atoms with Gasteiger partial charge in [0.15, 0.2) is 0 Å². The fraction of sp³-hybridized carbons (Fsp3) is 0.667. The molecule has 114 valence electrons. The first-order valence-corrected chi connectivity index (χ1v) is 11.8. The Kier molecular flexibility index (Phi) is 7.53. The first-order valence-electron chi connectivity index (χ1n) is 8.19. The Balaban J connectivity index is 2.74. The molecule has 1 aromatic carbocycles. The molecule has 0 N–H and O–H groups in total. The normalized spacial score (nSPS) is 15.1. The van der Waals surface area contributed by atoms with E-state index in [4.69, 9.17) is 4.74 Å². The minimum atomic E-state index is -1.38. The molecule has 0 aliphatic heterocycles. The Morgan fingerprint density at radius 1 is 1.00 bits per heavy atom. The predicted octanol–water partition coefficient (Wildman–Crippen LogP) is 5.98. The van der Waals surface area contributed by atoms with Crippen molar-refractivity contribution in [3.63, 3.8) is 0 Å². The lowest BCUT2D eigenvalue weighted by molar-refractivity contribution is 0.0153. The lowest BCUT2D eigenvalue weighted by Crippen LogP contribution is -2.35. The summed E-state index contributed by atoms with van der Waals surface area (Å²) in [7, 11) is -1.38. The van der Waals surface area contributed by atoms with Gasteiger partial charge in [-0.25, -0.2) is 0 Å². The Hall–Kier alpha value is -0.603. The van der Waals surface area contributed by atoms with Gasteiger partial charge in [-0.2, -0.15) is 0 Å². The Bertz CT molecular complexity index is 355. The van der Waals surface area contributed by atoms with Gasteiger partial charge in [0.1, 0.15) is 0 Å². The van der Waals surface area contributed by atoms with Gasteiger partial charge in [0.25, 0.3) is 0 Å². The van der Waals surface area contributed by atoms with Crippen LogP contribution >= 0.6 is 0 Å². The van der Waals surface area contributed by atoms with Crippen molar-refractivity contribution in [2.24, 2.45) is 0 Å². The molecule has 1 aromatic rings. The monoisotopic (exact) mass is 292 g/mol. The highest BCUT2D eigenvalue weighted by molar-refractivity contribution is 6.77. The summed E-state index contributed by atoms with van der Waals surface area (Å²) in [6.45, 7) is 11.7. The van der Waals surface area contributed by atoms with Gasteiger partial charge in [0, 0.05) is 0 Å². The summed E-state index contributed by atoms with van der Waals surface area (Å²) in [5.41, 5.74) is 1.68. The molecular formula is C18H32OSi. The molecule has 2 unspecified atom stereocenters. The van der Waals surface area contributed by atoms with E-state index in [1.807, 2.05) is 0 Å². The summed E-state index contributed by atoms with van der Waals surface area (Å²) in [6, 6.07) is 10.8. The van der Waals surface area contributed by atoms with E-state index in [0.717, 1.165) is 6.42 Å². The van der Waals surface area contributed by atoms with Crippen LogP contribution < -0.4 is 0 Å². The van der Waals surface area contributed by atoms with Gasteiger partial charge >= 0.3 is 0 Å². The van der Waals surface area contributed by atoms with Crippen LogP contribution in [0.1, 0.15) is 57.2 Å². The van der Waals surface area contributed by atoms with Crippen LogP contribution in [0.2, 0.25) is 19.6 Å². The zero-order valence-corrected chi connectivity index (χ0v) is 15.0. The SMILES string of the molecule is CCCCCC(CC)OC(c1ccccc1)[Si](C)(C)C. The zero-order valence-electron chi connectivity index (χ0n) is 14.0. The lowest BCUT2D eigenvalue weighted by Gasteiger charge is -2.33. The van der Waals surface area contributed by atoms with E-state index >= 15 is 0 Å². The second kappa shape index (κ2) is 8.63. The largest absolute Gasteiger partial charge is 0.374 e. The Morgan fingerprint density at radius 2 is 1.65 bits per heavy atom. The van der Waals surface area contributed by atoms with Crippen LogP contribution in [0.3, 0.4) is 0 Å². The summed E-state index contributed by atoms with van der Waals surface area (Å²) >= 11 is 0. The van der Waals surface area contributed by atoms with Gasteiger partial charge < -0.3 is 4.74 Å². The molecule has 2 atom stereocenters. The quantitative estimate of drug-likeness (QED) is 0.402. The molecule has 0 spiro atoms. The molecule has 20 heavy (non-hydrogen) atoms. The lowest BCUT2D eigenvalue weighted by atomic mass is 10.1. The molecule has 0 saturated carbocycles. The fourth-order valence-electron chi connectivity index (χ4n) is 2.59. The van der Waals surface area contributed by atoms with Crippen molar-refractivity contribution in [3.8, 4) is 0 Å². The molecule has 0 bridgehead atoms. The van der Waals surface area contributed by atoms with E-state index in [1.165, 1.54) is 31.2 Å². The smallest absolute Gasteiger partial charge is 0.0842 e. The molecule has 1 nitrogen and oxygen atoms in total. The summed E-state index contributed by atoms with van der Waals surface area (Å²) in [5, 5.41) is 0. The van der Waals surface area contributed by atoms with E-state index in [1.54, 1.807) is 0 Å². The molecule has 0 amide bonds. The maximum atomic E-state index is 6.56. The van der Waals surface area contributed by atoms with Gasteiger partial charge in [-0.3, -0.25) is 0 Å². The van der Waals surface area contributed by atoms with Gasteiger partial charge in [-0.05, 0) is 18.4 Å². The number of benzene rings is 1. The number of ether oxygens (including phenoxy) is 1. The van der Waals surface area contributed by atoms with Crippen molar-refractivity contribution in [1.82, 2.24) is 0 Å². The van der Waals surface area contributed by atoms with Crippen LogP contribution in [0.5, 0.6) is 0 Å². The van der Waals surface area contributed by atoms with E-state index in [0.29, 0.717) is 11.8 Å². The van der Waals surface area contributed by atoms with E-state index in [2.05, 4.69) is 63.8 Å². The molecule has 0 aliphatic carbocycles. The summed E-state index contributed by atoms with van der Waals surface area (Å²) < 4.78 is 6.56. The van der Waals surface area contributed by atoms with Crippen LogP contribution in [-0.2, 0) is 4.74 Å². The Labute approximate surface area is 126 Å². The molecule has 0 radical (unpaired) electrons. The van der Waals surface area contributed by atoms with Crippen molar-refractivity contribution in [2.45, 2.75) is 77.4 Å². The highest BCUT2D eigenvalue weighted by Gasteiger charge is 2.30. The predicted molar refractivity (Wildman–Crippen MR) is 91.8 cm³/mol. The van der Waals surface area contributed by atoms with E-state index in [9.17, 15) is 0 Å². The van der Waals surface area contributed by atoms with Gasteiger partial charge in [-0.1, -0.05) is 83.1 Å². The van der Waals surface area contributed by atoms with Gasteiger partial charge in [0.05, 0.1) is 19.9 Å². The summed E-state index contributed by atoms with van der Waals surface area (Å²) in [6.07, 6.45) is 6.64. The fourth-order valence-corrected chi connectivity index (χ4v) is 4.39. The summed E-state index contributed by atoms with van der Waals surface area (Å²) in [5.74, 6) is 0. The van der Waals surface area contributed by atoms with Crippen LogP contribution in [0, 0.1) is 0 Å². The average molecular weight is 293 g/mol. The molecule has 0 fully saturated rings. The molecule has 1 rings (SSSR count). The molecule has 2 heteroatoms. The number of hydrogen-bond donors (Lipinski definition) is 0. The first kappa shape index (κ1) is 17.4. The molecule has 0 aromatic heterocycles. The third kappa shape index (κ3) is 5.80. The van der Waals surface area contributed by atoms with Crippen LogP contribution in [0.25, 0.3) is 0 Å². The van der Waals surface area contributed by atoms with Crippen LogP contribution in [-0.4, -0.2) is 14.2 Å². The minimum Gasteiger partial charge on any atom is -0.374 e. The van der Waals surface area contributed by atoms with E-state index in [-0.39, 0.29) is 0 Å². The van der Waals surface area contributed by atoms with Crippen molar-refractivity contribution in [3.05, 3.63) is 35.9 Å². The van der Waals surface area contributed by atoms with Gasteiger partial charge in [0.2, 0.25) is 0 Å². The highest BCUT2D eigenvalue weighted by Crippen LogP contribution is 2.31. The highest BCUT2D eigenvalue weighted by atomic mass is 28.3. The number of rotatable bonds is 9. The molecular weight excluding hydrogens is 260 g/mol. The van der Waals surface area contributed by atoms with Crippen LogP contribution in [0.15, 0.2) is 30.3 Å². The molecule has 0 aliphatic rings. The van der Waals surface area contributed by atoms with Crippen molar-refractivity contribution in [2.75, 3.05) is 0 Å². The maximum absolute atomic E-state index is 6.56. The van der Waals surface area contributed by atoms with Crippen molar-refractivity contribution < 1.29 is 4.74 Å². The van der Waals surface area contributed by atoms with E-state index < -0.39 is 8.07 Å². The second-order valence-corrected chi connectivity index (χ2v) is 12.1. The van der Waals surface area contributed by atoms with Gasteiger partial charge in [-0.15, -0.1) is 0 Å². The van der Waals surface area contributed by atoms with Crippen molar-refractivity contribution in [1.29, 1.82) is 0 Å². The number of hydrogen-bond acceptors (Lipinski definition) is 1.